The number of nitrogens with one attached hydrogen (secondary N) is 1. The van der Waals surface area contributed by atoms with Crippen LogP contribution in [0, 0.1) is 25.2 Å². The fourth-order valence-electron chi connectivity index (χ4n) is 3.51. The molecule has 138 valence electrons. The Morgan fingerprint density at radius 2 is 2.11 bits per heavy atom. The Hall–Kier alpha value is -2.99. The fourth-order valence-corrected chi connectivity index (χ4v) is 4.20. The number of thiazole rings is 1. The second kappa shape index (κ2) is 6.96. The molecule has 0 aliphatic heterocycles. The molecule has 0 radical (unpaired) electrons. The van der Waals surface area contributed by atoms with Gasteiger partial charge in [0, 0.05) is 17.3 Å². The van der Waals surface area contributed by atoms with Crippen LogP contribution in [0.5, 0.6) is 0 Å². The van der Waals surface area contributed by atoms with Gasteiger partial charge in [-0.3, -0.25) is 4.79 Å². The second-order valence-electron chi connectivity index (χ2n) is 6.69. The second-order valence-corrected chi connectivity index (χ2v) is 7.55. The van der Waals surface area contributed by atoms with Crippen LogP contribution < -0.4 is 11.1 Å². The molecule has 8 nitrogen and oxygen atoms in total. The summed E-state index contributed by atoms with van der Waals surface area (Å²) in [5, 5.41) is 5.51. The number of fused-ring (bicyclic) bond motifs is 1. The first-order valence-corrected chi connectivity index (χ1v) is 9.62. The number of terminal acetylenes is 1. The molecule has 0 aromatic carbocycles. The van der Waals surface area contributed by atoms with Crippen molar-refractivity contribution in [1.29, 1.82) is 0 Å². The van der Waals surface area contributed by atoms with E-state index in [0.717, 1.165) is 31.4 Å². The van der Waals surface area contributed by atoms with E-state index in [9.17, 15) is 4.79 Å². The Morgan fingerprint density at radius 1 is 1.33 bits per heavy atom. The van der Waals surface area contributed by atoms with Gasteiger partial charge in [-0.2, -0.15) is 0 Å². The third-order valence-electron chi connectivity index (χ3n) is 4.89. The van der Waals surface area contributed by atoms with Gasteiger partial charge in [0.25, 0.3) is 0 Å². The number of rotatable bonds is 3. The molecular formula is C18H19N7OS. The third-order valence-corrected chi connectivity index (χ3v) is 5.76. The lowest BCUT2D eigenvalue weighted by molar-refractivity contribution is -0.120. The van der Waals surface area contributed by atoms with Gasteiger partial charge < -0.3 is 15.6 Å². The van der Waals surface area contributed by atoms with Crippen LogP contribution in [0.3, 0.4) is 0 Å². The van der Waals surface area contributed by atoms with Crippen molar-refractivity contribution in [3.63, 3.8) is 0 Å². The van der Waals surface area contributed by atoms with Crippen molar-refractivity contribution in [2.24, 2.45) is 5.92 Å². The standard InChI is InChI=1S/C18H19N7OS/c1-3-13-22-15(19)14-16(23-13)25(9-20-14)12-6-4-11(5-7-12)17(26)24-18-21-10(2)8-27-18/h1,8-9,11-12H,4-7H2,2H3,(H2,19,22,23)(H,21,24,26). The molecule has 1 saturated carbocycles. The number of nitrogens with two attached hydrogens (primary N) is 1. The maximum absolute atomic E-state index is 12.5. The quantitative estimate of drug-likeness (QED) is 0.674. The highest BCUT2D eigenvalue weighted by Crippen LogP contribution is 2.35. The van der Waals surface area contributed by atoms with Gasteiger partial charge in [-0.05, 0) is 38.5 Å². The zero-order chi connectivity index (χ0) is 19.0. The molecule has 1 fully saturated rings. The maximum Gasteiger partial charge on any atom is 0.229 e. The number of aryl methyl sites for hydroxylation is 1. The molecule has 1 aliphatic rings. The molecule has 3 aromatic heterocycles. The zero-order valence-corrected chi connectivity index (χ0v) is 15.7. The van der Waals surface area contributed by atoms with Crippen LogP contribution in [0.15, 0.2) is 11.7 Å². The van der Waals surface area contributed by atoms with E-state index in [0.29, 0.717) is 22.1 Å². The Bertz CT molecular complexity index is 1040. The van der Waals surface area contributed by atoms with Gasteiger partial charge in [-0.1, -0.05) is 0 Å². The summed E-state index contributed by atoms with van der Waals surface area (Å²) in [6.45, 7) is 1.91. The molecule has 0 atom stereocenters. The summed E-state index contributed by atoms with van der Waals surface area (Å²) in [6, 6.07) is 0.209. The molecule has 1 amide bonds. The summed E-state index contributed by atoms with van der Waals surface area (Å²) >= 11 is 1.45. The summed E-state index contributed by atoms with van der Waals surface area (Å²) in [6.07, 6.45) is 10.5. The molecule has 3 heterocycles. The molecule has 0 unspecified atom stereocenters. The zero-order valence-electron chi connectivity index (χ0n) is 14.8. The third kappa shape index (κ3) is 3.36. The summed E-state index contributed by atoms with van der Waals surface area (Å²) in [4.78, 5) is 29.6. The number of aromatic nitrogens is 5. The first kappa shape index (κ1) is 17.4. The van der Waals surface area contributed by atoms with Gasteiger partial charge in [0.1, 0.15) is 5.52 Å². The molecule has 0 spiro atoms. The minimum absolute atomic E-state index is 0.0128. The number of hydrogen-bond acceptors (Lipinski definition) is 7. The maximum atomic E-state index is 12.5. The van der Waals surface area contributed by atoms with Gasteiger partial charge >= 0.3 is 0 Å². The van der Waals surface area contributed by atoms with Crippen LogP contribution in [-0.4, -0.2) is 30.4 Å². The van der Waals surface area contributed by atoms with Gasteiger partial charge in [0.05, 0.1) is 12.0 Å². The first-order valence-electron chi connectivity index (χ1n) is 8.75. The van der Waals surface area contributed by atoms with E-state index in [4.69, 9.17) is 12.2 Å². The summed E-state index contributed by atoms with van der Waals surface area (Å²) in [7, 11) is 0. The van der Waals surface area contributed by atoms with E-state index in [-0.39, 0.29) is 23.7 Å². The molecule has 9 heteroatoms. The number of imidazole rings is 1. The Morgan fingerprint density at radius 3 is 2.78 bits per heavy atom. The number of anilines is 2. The van der Waals surface area contributed by atoms with Crippen molar-refractivity contribution in [2.75, 3.05) is 11.1 Å². The molecule has 3 N–H and O–H groups in total. The molecule has 4 rings (SSSR count). The topological polar surface area (TPSA) is 112 Å². The van der Waals surface area contributed by atoms with E-state index < -0.39 is 0 Å². The van der Waals surface area contributed by atoms with Crippen LogP contribution in [-0.2, 0) is 4.79 Å². The molecule has 0 bridgehead atoms. The van der Waals surface area contributed by atoms with E-state index >= 15 is 0 Å². The summed E-state index contributed by atoms with van der Waals surface area (Å²) < 4.78 is 2.01. The van der Waals surface area contributed by atoms with Crippen LogP contribution >= 0.6 is 11.3 Å². The molecule has 27 heavy (non-hydrogen) atoms. The van der Waals surface area contributed by atoms with E-state index in [1.165, 1.54) is 11.3 Å². The van der Waals surface area contributed by atoms with E-state index in [1.807, 2.05) is 16.9 Å². The van der Waals surface area contributed by atoms with Crippen molar-refractivity contribution >= 4 is 39.4 Å². The van der Waals surface area contributed by atoms with Gasteiger partial charge in [0.2, 0.25) is 11.7 Å². The highest BCUT2D eigenvalue weighted by atomic mass is 32.1. The number of amides is 1. The Kier molecular flexibility index (Phi) is 4.49. The normalized spacial score (nSPS) is 19.7. The number of nitrogen functional groups attached to an aromatic ring is 1. The van der Waals surface area contributed by atoms with Crippen molar-refractivity contribution in [3.05, 3.63) is 23.2 Å². The highest BCUT2D eigenvalue weighted by molar-refractivity contribution is 7.13. The van der Waals surface area contributed by atoms with Crippen molar-refractivity contribution < 1.29 is 4.79 Å². The number of carbonyl (C=O) groups is 1. The number of nitrogens with zero attached hydrogens (tertiary/aromatic N) is 5. The molecule has 3 aromatic rings. The largest absolute Gasteiger partial charge is 0.382 e. The number of hydrogen-bond donors (Lipinski definition) is 2. The predicted octanol–water partition coefficient (Wildman–Crippen LogP) is 2.52. The number of carbonyl (C=O) groups excluding carboxylic acids is 1. The van der Waals surface area contributed by atoms with Crippen LogP contribution in [0.4, 0.5) is 10.9 Å². The first-order chi connectivity index (χ1) is 13.0. The predicted molar refractivity (Wildman–Crippen MR) is 104 cm³/mol. The smallest absolute Gasteiger partial charge is 0.229 e. The minimum Gasteiger partial charge on any atom is -0.382 e. The van der Waals surface area contributed by atoms with Gasteiger partial charge in [-0.15, -0.1) is 17.8 Å². The van der Waals surface area contributed by atoms with Crippen LogP contribution in [0.1, 0.15) is 43.2 Å². The lowest BCUT2D eigenvalue weighted by Gasteiger charge is -2.28. The summed E-state index contributed by atoms with van der Waals surface area (Å²) in [5.41, 5.74) is 8.06. The SMILES string of the molecule is C#Cc1nc(N)c2ncn(C3CCC(C(=O)Nc4nc(C)cs4)CC3)c2n1. The average Bonchev–Trinajstić information content (AvgIpc) is 3.28. The lowest BCUT2D eigenvalue weighted by atomic mass is 9.85. The van der Waals surface area contributed by atoms with Crippen LogP contribution in [0.25, 0.3) is 11.2 Å². The van der Waals surface area contributed by atoms with Crippen molar-refractivity contribution in [3.8, 4) is 12.3 Å². The summed E-state index contributed by atoms with van der Waals surface area (Å²) in [5.74, 6) is 3.00. The Labute approximate surface area is 160 Å². The molecule has 1 aliphatic carbocycles. The molecular weight excluding hydrogens is 362 g/mol. The van der Waals surface area contributed by atoms with Crippen LogP contribution in [0.2, 0.25) is 0 Å². The lowest BCUT2D eigenvalue weighted by Crippen LogP contribution is -2.28. The Balaban J connectivity index is 1.46. The van der Waals surface area contributed by atoms with Gasteiger partial charge in [-0.25, -0.2) is 19.9 Å². The van der Waals surface area contributed by atoms with Crippen molar-refractivity contribution in [2.45, 2.75) is 38.6 Å². The van der Waals surface area contributed by atoms with Crippen molar-refractivity contribution in [1.82, 2.24) is 24.5 Å². The average molecular weight is 381 g/mol. The fraction of sp³-hybridized carbons (Fsp3) is 0.389. The van der Waals surface area contributed by atoms with E-state index in [2.05, 4.69) is 31.2 Å². The highest BCUT2D eigenvalue weighted by Gasteiger charge is 2.29. The molecule has 0 saturated heterocycles. The minimum atomic E-state index is -0.0128. The van der Waals surface area contributed by atoms with Gasteiger partial charge in [0.15, 0.2) is 16.6 Å². The monoisotopic (exact) mass is 381 g/mol. The van der Waals surface area contributed by atoms with E-state index in [1.54, 1.807) is 6.33 Å².